The van der Waals surface area contributed by atoms with Crippen molar-refractivity contribution >= 4 is 51.9 Å². The molecule has 0 N–H and O–H groups in total. The van der Waals surface area contributed by atoms with E-state index in [1.807, 2.05) is 24.3 Å². The Morgan fingerprint density at radius 1 is 1.29 bits per heavy atom. The second-order valence-electron chi connectivity index (χ2n) is 5.04. The van der Waals surface area contributed by atoms with Gasteiger partial charge in [0.1, 0.15) is 15.8 Å². The maximum Gasteiger partial charge on any atom is 0.266 e. The largest absolute Gasteiger partial charge is 0.457 e. The van der Waals surface area contributed by atoms with Gasteiger partial charge in [-0.1, -0.05) is 35.6 Å². The van der Waals surface area contributed by atoms with Crippen LogP contribution >= 0.6 is 35.6 Å². The lowest BCUT2D eigenvalue weighted by molar-refractivity contribution is -0.122. The molecule has 0 aliphatic carbocycles. The smallest absolute Gasteiger partial charge is 0.266 e. The molecule has 0 unspecified atom stereocenters. The summed E-state index contributed by atoms with van der Waals surface area (Å²) < 4.78 is 11.3. The van der Waals surface area contributed by atoms with Crippen LogP contribution in [-0.4, -0.2) is 35.4 Å². The van der Waals surface area contributed by atoms with Gasteiger partial charge in [0.2, 0.25) is 0 Å². The van der Waals surface area contributed by atoms with E-state index in [9.17, 15) is 4.79 Å². The molecule has 4 nitrogen and oxygen atoms in total. The number of amides is 1. The molecule has 2 aromatic rings. The first-order chi connectivity index (χ1) is 11.6. The molecule has 1 aromatic heterocycles. The van der Waals surface area contributed by atoms with Gasteiger partial charge in [-0.05, 0) is 36.4 Å². The van der Waals surface area contributed by atoms with Gasteiger partial charge in [-0.3, -0.25) is 9.69 Å². The molecule has 1 aliphatic rings. The first kappa shape index (κ1) is 17.2. The van der Waals surface area contributed by atoms with Crippen LogP contribution in [-0.2, 0) is 9.53 Å². The number of thiocarbonyl (C=S) groups is 1. The van der Waals surface area contributed by atoms with E-state index in [1.165, 1.54) is 11.8 Å². The quantitative estimate of drug-likeness (QED) is 0.567. The lowest BCUT2D eigenvalue weighted by atomic mass is 10.2. The van der Waals surface area contributed by atoms with Crippen molar-refractivity contribution in [1.29, 1.82) is 0 Å². The highest BCUT2D eigenvalue weighted by Gasteiger charge is 2.31. The Balaban J connectivity index is 1.78. The molecule has 0 spiro atoms. The summed E-state index contributed by atoms with van der Waals surface area (Å²) in [6.07, 6.45) is 1.71. The zero-order chi connectivity index (χ0) is 17.1. The van der Waals surface area contributed by atoms with Crippen LogP contribution in [0.3, 0.4) is 0 Å². The van der Waals surface area contributed by atoms with Crippen LogP contribution in [0.15, 0.2) is 45.7 Å². The standard InChI is InChI=1S/C17H14ClNO3S2/c1-21-9-8-19-16(20)15(24-17(19)23)10-13-6-7-14(22-13)11-2-4-12(18)5-3-11/h2-7,10H,8-9H2,1H3/b15-10-. The fourth-order valence-corrected chi connectivity index (χ4v) is 3.62. The molecular formula is C17H14ClNO3S2. The fraction of sp³-hybridized carbons (Fsp3) is 0.176. The van der Waals surface area contributed by atoms with Gasteiger partial charge in [0.05, 0.1) is 18.1 Å². The first-order valence-corrected chi connectivity index (χ1v) is 8.79. The van der Waals surface area contributed by atoms with E-state index in [0.717, 1.165) is 5.56 Å². The number of nitrogens with zero attached hydrogens (tertiary/aromatic N) is 1. The highest BCUT2D eigenvalue weighted by Crippen LogP contribution is 2.33. The number of ether oxygens (including phenoxy) is 1. The number of hydrogen-bond donors (Lipinski definition) is 0. The SMILES string of the molecule is COCCN1C(=O)/C(=C/c2ccc(-c3ccc(Cl)cc3)o2)SC1=S. The molecule has 0 bridgehead atoms. The van der Waals surface area contributed by atoms with E-state index in [-0.39, 0.29) is 5.91 Å². The Bertz CT molecular complexity index is 798. The number of carbonyl (C=O) groups is 1. The Kier molecular flexibility index (Phi) is 5.40. The van der Waals surface area contributed by atoms with Crippen molar-refractivity contribution in [3.8, 4) is 11.3 Å². The maximum atomic E-state index is 12.4. The number of halogens is 1. The minimum Gasteiger partial charge on any atom is -0.457 e. The lowest BCUT2D eigenvalue weighted by Gasteiger charge is -2.12. The van der Waals surface area contributed by atoms with E-state index in [4.69, 9.17) is 33.0 Å². The zero-order valence-electron chi connectivity index (χ0n) is 12.8. The minimum absolute atomic E-state index is 0.119. The van der Waals surface area contributed by atoms with E-state index in [1.54, 1.807) is 30.2 Å². The Morgan fingerprint density at radius 2 is 2.04 bits per heavy atom. The summed E-state index contributed by atoms with van der Waals surface area (Å²) in [5.41, 5.74) is 0.923. The third-order valence-electron chi connectivity index (χ3n) is 3.42. The number of benzene rings is 1. The molecule has 24 heavy (non-hydrogen) atoms. The van der Waals surface area contributed by atoms with Crippen molar-refractivity contribution in [2.24, 2.45) is 0 Å². The molecule has 3 rings (SSSR count). The van der Waals surface area contributed by atoms with Crippen LogP contribution in [0, 0.1) is 0 Å². The van der Waals surface area contributed by atoms with Gasteiger partial charge in [0.25, 0.3) is 5.91 Å². The fourth-order valence-electron chi connectivity index (χ4n) is 2.20. The summed E-state index contributed by atoms with van der Waals surface area (Å²) in [5, 5.41) is 0.672. The van der Waals surface area contributed by atoms with Crippen molar-refractivity contribution in [1.82, 2.24) is 4.90 Å². The lowest BCUT2D eigenvalue weighted by Crippen LogP contribution is -2.31. The average molecular weight is 380 g/mol. The van der Waals surface area contributed by atoms with Gasteiger partial charge in [0.15, 0.2) is 0 Å². The number of furan rings is 1. The van der Waals surface area contributed by atoms with Crippen molar-refractivity contribution in [3.63, 3.8) is 0 Å². The second kappa shape index (κ2) is 7.53. The second-order valence-corrected chi connectivity index (χ2v) is 7.15. The summed E-state index contributed by atoms with van der Waals surface area (Å²) in [6, 6.07) is 11.1. The maximum absolute atomic E-state index is 12.4. The van der Waals surface area contributed by atoms with E-state index in [2.05, 4.69) is 0 Å². The third kappa shape index (κ3) is 3.72. The van der Waals surface area contributed by atoms with Crippen LogP contribution in [0.4, 0.5) is 0 Å². The predicted octanol–water partition coefficient (Wildman–Crippen LogP) is 4.45. The normalized spacial score (nSPS) is 16.4. The van der Waals surface area contributed by atoms with Crippen molar-refractivity contribution in [3.05, 3.63) is 52.1 Å². The van der Waals surface area contributed by atoms with Crippen molar-refractivity contribution in [2.75, 3.05) is 20.3 Å². The van der Waals surface area contributed by atoms with E-state index < -0.39 is 0 Å². The summed E-state index contributed by atoms with van der Waals surface area (Å²) in [5.74, 6) is 1.20. The molecule has 124 valence electrons. The summed E-state index contributed by atoms with van der Waals surface area (Å²) in [7, 11) is 1.59. The van der Waals surface area contributed by atoms with Gasteiger partial charge in [-0.2, -0.15) is 0 Å². The Hall–Kier alpha value is -1.60. The third-order valence-corrected chi connectivity index (χ3v) is 5.05. The summed E-state index contributed by atoms with van der Waals surface area (Å²) in [6.45, 7) is 0.897. The Labute approximate surface area is 154 Å². The monoisotopic (exact) mass is 379 g/mol. The average Bonchev–Trinajstić information content (AvgIpc) is 3.13. The van der Waals surface area contributed by atoms with Gasteiger partial charge >= 0.3 is 0 Å². The Morgan fingerprint density at radius 3 is 2.75 bits per heavy atom. The van der Waals surface area contributed by atoms with Crippen LogP contribution in [0.1, 0.15) is 5.76 Å². The zero-order valence-corrected chi connectivity index (χ0v) is 15.2. The molecule has 1 saturated heterocycles. The molecule has 0 atom stereocenters. The molecule has 0 saturated carbocycles. The summed E-state index contributed by atoms with van der Waals surface area (Å²) in [4.78, 5) is 14.5. The molecule has 0 radical (unpaired) electrons. The van der Waals surface area contributed by atoms with Crippen LogP contribution < -0.4 is 0 Å². The van der Waals surface area contributed by atoms with Crippen molar-refractivity contribution in [2.45, 2.75) is 0 Å². The first-order valence-electron chi connectivity index (χ1n) is 7.18. The molecule has 1 amide bonds. The molecule has 1 fully saturated rings. The number of methoxy groups -OCH3 is 1. The van der Waals surface area contributed by atoms with Gasteiger partial charge in [-0.25, -0.2) is 0 Å². The van der Waals surface area contributed by atoms with Crippen LogP contribution in [0.2, 0.25) is 5.02 Å². The van der Waals surface area contributed by atoms with E-state index >= 15 is 0 Å². The van der Waals surface area contributed by atoms with Crippen molar-refractivity contribution < 1.29 is 13.9 Å². The molecule has 2 heterocycles. The number of thioether (sulfide) groups is 1. The van der Waals surface area contributed by atoms with Crippen LogP contribution in [0.25, 0.3) is 17.4 Å². The van der Waals surface area contributed by atoms with Gasteiger partial charge in [0, 0.05) is 23.8 Å². The van der Waals surface area contributed by atoms with Gasteiger partial charge < -0.3 is 9.15 Å². The number of hydrogen-bond acceptors (Lipinski definition) is 5. The predicted molar refractivity (Wildman–Crippen MR) is 101 cm³/mol. The molecule has 1 aromatic carbocycles. The highest BCUT2D eigenvalue weighted by molar-refractivity contribution is 8.26. The van der Waals surface area contributed by atoms with Crippen LogP contribution in [0.5, 0.6) is 0 Å². The number of rotatable bonds is 5. The van der Waals surface area contributed by atoms with Gasteiger partial charge in [-0.15, -0.1) is 0 Å². The van der Waals surface area contributed by atoms with E-state index in [0.29, 0.717) is 38.9 Å². The highest BCUT2D eigenvalue weighted by atomic mass is 35.5. The number of carbonyl (C=O) groups excluding carboxylic acids is 1. The molecular weight excluding hydrogens is 366 g/mol. The topological polar surface area (TPSA) is 42.7 Å². The molecule has 1 aliphatic heterocycles. The summed E-state index contributed by atoms with van der Waals surface area (Å²) >= 11 is 12.4. The minimum atomic E-state index is -0.119. The molecule has 7 heteroatoms.